The second-order valence-electron chi connectivity index (χ2n) is 6.26. The molecule has 0 aliphatic carbocycles. The lowest BCUT2D eigenvalue weighted by Crippen LogP contribution is -2.43. The van der Waals surface area contributed by atoms with Gasteiger partial charge in [-0.3, -0.25) is 0 Å². The van der Waals surface area contributed by atoms with Gasteiger partial charge < -0.3 is 19.8 Å². The van der Waals surface area contributed by atoms with E-state index in [1.165, 1.54) is 7.11 Å². The first-order valence-corrected chi connectivity index (χ1v) is 8.69. The maximum absolute atomic E-state index is 12.2. The highest BCUT2D eigenvalue weighted by Crippen LogP contribution is 2.23. The lowest BCUT2D eigenvalue weighted by Gasteiger charge is -2.17. The van der Waals surface area contributed by atoms with Crippen molar-refractivity contribution in [1.29, 1.82) is 0 Å². The second kappa shape index (κ2) is 8.40. The van der Waals surface area contributed by atoms with E-state index in [2.05, 4.69) is 10.3 Å². The van der Waals surface area contributed by atoms with E-state index < -0.39 is 18.1 Å². The maximum atomic E-state index is 12.2. The van der Waals surface area contributed by atoms with Crippen LogP contribution in [0.25, 0.3) is 10.9 Å². The number of aromatic nitrogens is 1. The second-order valence-corrected chi connectivity index (χ2v) is 6.26. The number of para-hydroxylation sites is 1. The molecular formula is C21H22N2O4. The van der Waals surface area contributed by atoms with Gasteiger partial charge in [-0.2, -0.15) is 0 Å². The van der Waals surface area contributed by atoms with Gasteiger partial charge in [0, 0.05) is 23.0 Å². The predicted molar refractivity (Wildman–Crippen MR) is 102 cm³/mol. The van der Waals surface area contributed by atoms with Crippen molar-refractivity contribution < 1.29 is 19.1 Å². The van der Waals surface area contributed by atoms with Crippen LogP contribution >= 0.6 is 0 Å². The van der Waals surface area contributed by atoms with Crippen LogP contribution in [-0.2, 0) is 27.3 Å². The molecule has 0 unspecified atom stereocenters. The number of benzene rings is 2. The Balaban J connectivity index is 1.71. The zero-order valence-electron chi connectivity index (χ0n) is 15.3. The molecule has 3 rings (SSSR count). The zero-order chi connectivity index (χ0) is 19.2. The molecule has 2 aromatic carbocycles. The van der Waals surface area contributed by atoms with Gasteiger partial charge in [-0.1, -0.05) is 48.5 Å². The number of aryl methyl sites for hydroxylation is 1. The van der Waals surface area contributed by atoms with Crippen LogP contribution in [0.15, 0.2) is 54.6 Å². The van der Waals surface area contributed by atoms with Crippen molar-refractivity contribution in [1.82, 2.24) is 10.3 Å². The Hall–Kier alpha value is -3.28. The lowest BCUT2D eigenvalue weighted by molar-refractivity contribution is -0.142. The third kappa shape index (κ3) is 4.47. The zero-order valence-corrected chi connectivity index (χ0v) is 15.3. The largest absolute Gasteiger partial charge is 0.467 e. The number of amides is 1. The molecule has 140 valence electrons. The van der Waals surface area contributed by atoms with Crippen molar-refractivity contribution >= 4 is 23.0 Å². The summed E-state index contributed by atoms with van der Waals surface area (Å²) in [5.74, 6) is -0.517. The van der Waals surface area contributed by atoms with Crippen LogP contribution in [0.2, 0.25) is 0 Å². The van der Waals surface area contributed by atoms with Gasteiger partial charge in [-0.15, -0.1) is 0 Å². The van der Waals surface area contributed by atoms with Crippen molar-refractivity contribution in [2.24, 2.45) is 0 Å². The van der Waals surface area contributed by atoms with Crippen LogP contribution in [0.1, 0.15) is 16.8 Å². The number of carbonyl (C=O) groups excluding carboxylic acids is 2. The molecule has 0 bridgehead atoms. The van der Waals surface area contributed by atoms with Crippen LogP contribution in [0.3, 0.4) is 0 Å². The fourth-order valence-corrected chi connectivity index (χ4v) is 3.04. The van der Waals surface area contributed by atoms with Gasteiger partial charge >= 0.3 is 12.1 Å². The fourth-order valence-electron chi connectivity index (χ4n) is 3.04. The molecule has 6 heteroatoms. The van der Waals surface area contributed by atoms with E-state index in [1.54, 1.807) is 0 Å². The van der Waals surface area contributed by atoms with E-state index in [0.29, 0.717) is 6.42 Å². The Morgan fingerprint density at radius 3 is 2.52 bits per heavy atom. The maximum Gasteiger partial charge on any atom is 0.408 e. The molecule has 1 atom stereocenters. The SMILES string of the molecule is COC(=O)[C@H](Cc1c(C)[nH]c2ccccc12)NC(=O)OCc1ccccc1. The number of carbonyl (C=O) groups is 2. The molecule has 1 aromatic heterocycles. The van der Waals surface area contributed by atoms with Crippen molar-refractivity contribution in [2.75, 3.05) is 7.11 Å². The fraction of sp³-hybridized carbons (Fsp3) is 0.238. The van der Waals surface area contributed by atoms with E-state index in [4.69, 9.17) is 9.47 Å². The molecule has 6 nitrogen and oxygen atoms in total. The molecule has 0 saturated heterocycles. The van der Waals surface area contributed by atoms with Gasteiger partial charge in [0.2, 0.25) is 0 Å². The summed E-state index contributed by atoms with van der Waals surface area (Å²) < 4.78 is 10.1. The van der Waals surface area contributed by atoms with Crippen LogP contribution < -0.4 is 5.32 Å². The molecule has 27 heavy (non-hydrogen) atoms. The first-order chi connectivity index (χ1) is 13.1. The minimum atomic E-state index is -0.837. The molecule has 2 N–H and O–H groups in total. The summed E-state index contributed by atoms with van der Waals surface area (Å²) >= 11 is 0. The Morgan fingerprint density at radius 1 is 1.07 bits per heavy atom. The van der Waals surface area contributed by atoms with Gasteiger partial charge in [-0.05, 0) is 24.1 Å². The lowest BCUT2D eigenvalue weighted by atomic mass is 10.0. The van der Waals surface area contributed by atoms with Gasteiger partial charge in [0.25, 0.3) is 0 Å². The first-order valence-electron chi connectivity index (χ1n) is 8.69. The smallest absolute Gasteiger partial charge is 0.408 e. The summed E-state index contributed by atoms with van der Waals surface area (Å²) in [6, 6.07) is 16.3. The number of rotatable bonds is 6. The summed E-state index contributed by atoms with van der Waals surface area (Å²) in [4.78, 5) is 27.7. The minimum Gasteiger partial charge on any atom is -0.467 e. The molecule has 3 aromatic rings. The standard InChI is InChI=1S/C21H22N2O4/c1-14-17(16-10-6-7-11-18(16)22-14)12-19(20(24)26-2)23-21(25)27-13-15-8-4-3-5-9-15/h3-11,19,22H,12-13H2,1-2H3,(H,23,25)/t19-/m0/s1. The van der Waals surface area contributed by atoms with E-state index in [1.807, 2.05) is 61.5 Å². The minimum absolute atomic E-state index is 0.132. The molecule has 0 spiro atoms. The number of H-pyrrole nitrogens is 1. The third-order valence-electron chi connectivity index (χ3n) is 4.43. The molecule has 1 amide bonds. The highest BCUT2D eigenvalue weighted by Gasteiger charge is 2.25. The monoisotopic (exact) mass is 366 g/mol. The Bertz CT molecular complexity index is 934. The summed E-state index contributed by atoms with van der Waals surface area (Å²) in [6.07, 6.45) is -0.352. The number of hydrogen-bond acceptors (Lipinski definition) is 4. The number of nitrogens with one attached hydrogen (secondary N) is 2. The van der Waals surface area contributed by atoms with Crippen LogP contribution in [0.5, 0.6) is 0 Å². The summed E-state index contributed by atoms with van der Waals surface area (Å²) in [5.41, 5.74) is 3.77. The predicted octanol–water partition coefficient (Wildman–Crippen LogP) is 3.49. The topological polar surface area (TPSA) is 80.4 Å². The van der Waals surface area contributed by atoms with Crippen molar-refractivity contribution in [3.63, 3.8) is 0 Å². The van der Waals surface area contributed by atoms with Gasteiger partial charge in [0.1, 0.15) is 12.6 Å². The molecule has 0 radical (unpaired) electrons. The van der Waals surface area contributed by atoms with E-state index in [9.17, 15) is 9.59 Å². The number of fused-ring (bicyclic) bond motifs is 1. The summed E-state index contributed by atoms with van der Waals surface area (Å²) in [6.45, 7) is 2.07. The van der Waals surface area contributed by atoms with Crippen molar-refractivity contribution in [3.05, 3.63) is 71.4 Å². The number of methoxy groups -OCH3 is 1. The molecular weight excluding hydrogens is 344 g/mol. The normalized spacial score (nSPS) is 11.8. The molecule has 0 aliphatic heterocycles. The van der Waals surface area contributed by atoms with Crippen LogP contribution in [0.4, 0.5) is 4.79 Å². The number of aromatic amines is 1. The summed E-state index contributed by atoms with van der Waals surface area (Å²) in [7, 11) is 1.30. The Labute approximate surface area is 157 Å². The third-order valence-corrected chi connectivity index (χ3v) is 4.43. The van der Waals surface area contributed by atoms with Crippen molar-refractivity contribution in [2.45, 2.75) is 26.0 Å². The average Bonchev–Trinajstić information content (AvgIpc) is 3.01. The number of esters is 1. The van der Waals surface area contributed by atoms with Crippen molar-refractivity contribution in [3.8, 4) is 0 Å². The highest BCUT2D eigenvalue weighted by molar-refractivity contribution is 5.87. The van der Waals surface area contributed by atoms with E-state index in [-0.39, 0.29) is 6.61 Å². The Kier molecular flexibility index (Phi) is 5.76. The van der Waals surface area contributed by atoms with E-state index >= 15 is 0 Å². The van der Waals surface area contributed by atoms with Gasteiger partial charge in [-0.25, -0.2) is 9.59 Å². The van der Waals surface area contributed by atoms with E-state index in [0.717, 1.165) is 27.7 Å². The number of hydrogen-bond donors (Lipinski definition) is 2. The summed E-state index contributed by atoms with van der Waals surface area (Å²) in [5, 5.41) is 3.64. The molecule has 0 fully saturated rings. The van der Waals surface area contributed by atoms with Gasteiger partial charge in [0.05, 0.1) is 7.11 Å². The molecule has 0 aliphatic rings. The molecule has 1 heterocycles. The number of ether oxygens (including phenoxy) is 2. The van der Waals surface area contributed by atoms with Crippen LogP contribution in [0, 0.1) is 6.92 Å². The average molecular weight is 366 g/mol. The Morgan fingerprint density at radius 2 is 1.78 bits per heavy atom. The van der Waals surface area contributed by atoms with Gasteiger partial charge in [0.15, 0.2) is 0 Å². The number of alkyl carbamates (subject to hydrolysis) is 1. The molecule has 0 saturated carbocycles. The highest BCUT2D eigenvalue weighted by atomic mass is 16.6. The quantitative estimate of drug-likeness (QED) is 0.655. The first kappa shape index (κ1) is 18.5. The van der Waals surface area contributed by atoms with Crippen LogP contribution in [-0.4, -0.2) is 30.2 Å².